The van der Waals surface area contributed by atoms with Gasteiger partial charge in [0, 0.05) is 0 Å². The van der Waals surface area contributed by atoms with Crippen LogP contribution in [0, 0.1) is 0 Å². The summed E-state index contributed by atoms with van der Waals surface area (Å²) in [5, 5.41) is 0. The zero-order valence-corrected chi connectivity index (χ0v) is 7.28. The summed E-state index contributed by atoms with van der Waals surface area (Å²) in [6, 6.07) is 9.34. The first-order chi connectivity index (χ1) is 4.84. The molecule has 0 atom stereocenters. The van der Waals surface area contributed by atoms with E-state index >= 15 is 0 Å². The highest BCUT2D eigenvalue weighted by Gasteiger charge is 1.97. The molecule has 2 nitrogen and oxygen atoms in total. The number of hydrogen-bond donors (Lipinski definition) is 0. The Morgan fingerprint density at radius 1 is 1.30 bits per heavy atom. The van der Waals surface area contributed by atoms with E-state index in [1.165, 1.54) is 3.11 Å². The predicted molar refractivity (Wildman–Crippen MR) is 48.6 cm³/mol. The minimum atomic E-state index is 0.845. The number of carbonyl (C=O) groups excluding carboxylic acids is 1. The molecule has 0 heterocycles. The highest BCUT2D eigenvalue weighted by atomic mass is 127. The number of amides is 1. The summed E-state index contributed by atoms with van der Waals surface area (Å²) in [5.74, 6) is 0. The summed E-state index contributed by atoms with van der Waals surface area (Å²) in [5.41, 5.74) is 0.845. The molecule has 1 rings (SSSR count). The van der Waals surface area contributed by atoms with Crippen LogP contribution in [0.5, 0.6) is 0 Å². The van der Waals surface area contributed by atoms with E-state index in [4.69, 9.17) is 0 Å². The van der Waals surface area contributed by atoms with Gasteiger partial charge in [-0.25, -0.2) is 3.11 Å². The lowest BCUT2D eigenvalue weighted by Crippen LogP contribution is -2.03. The fourth-order valence-electron chi connectivity index (χ4n) is 0.612. The zero-order chi connectivity index (χ0) is 7.40. The normalized spacial score (nSPS) is 8.90. The van der Waals surface area contributed by atoms with Gasteiger partial charge < -0.3 is 0 Å². The van der Waals surface area contributed by atoms with Crippen LogP contribution in [0.25, 0.3) is 0 Å². The van der Waals surface area contributed by atoms with Gasteiger partial charge in [0.1, 0.15) is 0 Å². The Labute approximate surface area is 73.3 Å². The summed E-state index contributed by atoms with van der Waals surface area (Å²) in [6.45, 7) is 0. The minimum absolute atomic E-state index is 0.845. The second-order valence-electron chi connectivity index (χ2n) is 1.71. The van der Waals surface area contributed by atoms with Crippen LogP contribution >= 0.6 is 22.9 Å². The quantitative estimate of drug-likeness (QED) is 0.443. The highest BCUT2D eigenvalue weighted by Crippen LogP contribution is 2.14. The Balaban J connectivity index is 2.84. The molecule has 0 aliphatic rings. The molecule has 0 saturated carbocycles. The molecule has 1 amide bonds. The first kappa shape index (κ1) is 7.53. The smallest absolute Gasteiger partial charge is 0.262 e. The van der Waals surface area contributed by atoms with Crippen molar-refractivity contribution in [3.05, 3.63) is 30.3 Å². The van der Waals surface area contributed by atoms with Crippen LogP contribution in [-0.4, -0.2) is 6.41 Å². The molecular weight excluding hydrogens is 241 g/mol. The van der Waals surface area contributed by atoms with Crippen molar-refractivity contribution in [1.82, 2.24) is 0 Å². The van der Waals surface area contributed by atoms with Crippen LogP contribution in [0.2, 0.25) is 0 Å². The Kier molecular flexibility index (Phi) is 2.68. The van der Waals surface area contributed by atoms with Crippen molar-refractivity contribution >= 4 is 35.0 Å². The van der Waals surface area contributed by atoms with Crippen LogP contribution in [0.3, 0.4) is 0 Å². The summed E-state index contributed by atoms with van der Waals surface area (Å²) >= 11 is 1.88. The molecule has 1 aromatic carbocycles. The van der Waals surface area contributed by atoms with Gasteiger partial charge in [-0.1, -0.05) is 18.2 Å². The van der Waals surface area contributed by atoms with E-state index in [0.717, 1.165) is 5.69 Å². The Morgan fingerprint density at radius 2 is 1.90 bits per heavy atom. The monoisotopic (exact) mass is 246 g/mol. The van der Waals surface area contributed by atoms with E-state index in [2.05, 4.69) is 0 Å². The van der Waals surface area contributed by atoms with Crippen LogP contribution in [0.4, 0.5) is 5.69 Å². The van der Waals surface area contributed by atoms with Gasteiger partial charge in [0.05, 0.1) is 28.6 Å². The largest absolute Gasteiger partial charge is 0.326 e. The summed E-state index contributed by atoms with van der Waals surface area (Å²) in [7, 11) is 0. The van der Waals surface area contributed by atoms with Crippen LogP contribution in [-0.2, 0) is 4.79 Å². The Morgan fingerprint density at radius 3 is 2.40 bits per heavy atom. The first-order valence-electron chi connectivity index (χ1n) is 2.73. The molecule has 51 valence electrons. The topological polar surface area (TPSA) is 20.3 Å². The number of hydrogen-bond acceptors (Lipinski definition) is 1. The van der Waals surface area contributed by atoms with E-state index in [-0.39, 0.29) is 0 Å². The molecule has 0 aliphatic carbocycles. The maximum Gasteiger partial charge on any atom is 0.326 e. The van der Waals surface area contributed by atoms with Crippen molar-refractivity contribution in [3.8, 4) is 0 Å². The third-order valence-corrected chi connectivity index (χ3v) is 1.82. The third kappa shape index (κ3) is 1.70. The standard InChI is InChI=1S/C7H5INO/c8-9(6-10)7-4-2-1-3-5-7/h1-5H. The van der Waals surface area contributed by atoms with Gasteiger partial charge >= 0.3 is 6.41 Å². The SMILES string of the molecule is O=[C]N(I)c1ccccc1. The molecule has 1 aromatic rings. The van der Waals surface area contributed by atoms with Gasteiger partial charge in [-0.05, 0) is 12.1 Å². The molecule has 0 N–H and O–H groups in total. The Hall–Kier alpha value is -0.580. The molecule has 0 saturated heterocycles. The van der Waals surface area contributed by atoms with Gasteiger partial charge in [-0.3, -0.25) is 4.79 Å². The molecule has 1 radical (unpaired) electrons. The number of nitrogens with zero attached hydrogens (tertiary/aromatic N) is 1. The minimum Gasteiger partial charge on any atom is -0.262 e. The number of halogens is 1. The van der Waals surface area contributed by atoms with Crippen molar-refractivity contribution in [2.24, 2.45) is 0 Å². The van der Waals surface area contributed by atoms with Gasteiger partial charge in [0.25, 0.3) is 0 Å². The highest BCUT2D eigenvalue weighted by molar-refractivity contribution is 14.1. The molecule has 10 heavy (non-hydrogen) atoms. The van der Waals surface area contributed by atoms with Crippen molar-refractivity contribution in [1.29, 1.82) is 0 Å². The molecule has 0 spiro atoms. The molecule has 0 aromatic heterocycles. The van der Waals surface area contributed by atoms with Crippen molar-refractivity contribution < 1.29 is 4.79 Å². The first-order valence-corrected chi connectivity index (χ1v) is 3.70. The second kappa shape index (κ2) is 3.55. The average Bonchev–Trinajstić information content (AvgIpc) is 2.05. The fraction of sp³-hybridized carbons (Fsp3) is 0. The number of para-hydroxylation sites is 1. The molecule has 0 unspecified atom stereocenters. The lowest BCUT2D eigenvalue weighted by Gasteiger charge is -2.04. The molecule has 3 heteroatoms. The molecule has 0 fully saturated rings. The van der Waals surface area contributed by atoms with Gasteiger partial charge in [-0.15, -0.1) is 0 Å². The number of rotatable bonds is 2. The van der Waals surface area contributed by atoms with Gasteiger partial charge in [0.2, 0.25) is 0 Å². The number of anilines is 1. The summed E-state index contributed by atoms with van der Waals surface area (Å²) in [4.78, 5) is 10.1. The Bertz CT molecular complexity index is 212. The lowest BCUT2D eigenvalue weighted by molar-refractivity contribution is 0.559. The fourth-order valence-corrected chi connectivity index (χ4v) is 0.933. The third-order valence-electron chi connectivity index (χ3n) is 1.06. The van der Waals surface area contributed by atoms with Gasteiger partial charge in [0.15, 0.2) is 0 Å². The maximum absolute atomic E-state index is 10.1. The number of benzene rings is 1. The van der Waals surface area contributed by atoms with Crippen LogP contribution in [0.1, 0.15) is 0 Å². The van der Waals surface area contributed by atoms with Crippen LogP contribution < -0.4 is 3.11 Å². The molecule has 0 bridgehead atoms. The molecular formula is C7H5INO. The second-order valence-corrected chi connectivity index (χ2v) is 2.67. The average molecular weight is 246 g/mol. The van der Waals surface area contributed by atoms with E-state index in [0.29, 0.717) is 0 Å². The van der Waals surface area contributed by atoms with Crippen LogP contribution in [0.15, 0.2) is 30.3 Å². The van der Waals surface area contributed by atoms with Crippen molar-refractivity contribution in [3.63, 3.8) is 0 Å². The van der Waals surface area contributed by atoms with Crippen molar-refractivity contribution in [2.45, 2.75) is 0 Å². The molecule has 0 aliphatic heterocycles. The van der Waals surface area contributed by atoms with E-state index in [1.807, 2.05) is 53.2 Å². The van der Waals surface area contributed by atoms with E-state index < -0.39 is 0 Å². The zero-order valence-electron chi connectivity index (χ0n) is 5.12. The van der Waals surface area contributed by atoms with E-state index in [9.17, 15) is 4.79 Å². The maximum atomic E-state index is 10.1. The lowest BCUT2D eigenvalue weighted by atomic mass is 10.3. The predicted octanol–water partition coefficient (Wildman–Crippen LogP) is 1.91. The summed E-state index contributed by atoms with van der Waals surface area (Å²) in [6.07, 6.45) is 1.75. The summed E-state index contributed by atoms with van der Waals surface area (Å²) < 4.78 is 1.37. The van der Waals surface area contributed by atoms with Crippen molar-refractivity contribution in [2.75, 3.05) is 3.11 Å². The van der Waals surface area contributed by atoms with E-state index in [1.54, 1.807) is 6.41 Å². The van der Waals surface area contributed by atoms with Gasteiger partial charge in [-0.2, -0.15) is 0 Å².